The Labute approximate surface area is 81.4 Å². The van der Waals surface area contributed by atoms with Crippen molar-refractivity contribution in [1.29, 1.82) is 0 Å². The van der Waals surface area contributed by atoms with Crippen molar-refractivity contribution in [3.63, 3.8) is 0 Å². The van der Waals surface area contributed by atoms with Gasteiger partial charge in [0.2, 0.25) is 0 Å². The molecule has 0 amide bonds. The molecule has 12 heavy (non-hydrogen) atoms. The third-order valence-electron chi connectivity index (χ3n) is 2.11. The first kappa shape index (κ1) is 9.81. The molecule has 0 aliphatic heterocycles. The second kappa shape index (κ2) is 3.62. The molecule has 0 spiro atoms. The average molecular weight is 233 g/mol. The first-order valence-corrected chi connectivity index (χ1v) is 4.68. The molecule has 0 heterocycles. The Balaban J connectivity index is 2.81. The second-order valence-corrected chi connectivity index (χ2v) is 3.88. The van der Waals surface area contributed by atoms with Gasteiger partial charge in [-0.15, -0.1) is 0 Å². The molecule has 0 radical (unpaired) electrons. The summed E-state index contributed by atoms with van der Waals surface area (Å²) < 4.78 is 10.4. The van der Waals surface area contributed by atoms with E-state index in [1.54, 1.807) is 14.2 Å². The molecule has 0 aromatic rings. The SMILES string of the molecule is COC1=CC(Br)C(C)(OC)C=C1. The van der Waals surface area contributed by atoms with E-state index in [1.165, 1.54) is 0 Å². The molecular weight excluding hydrogens is 220 g/mol. The molecule has 2 unspecified atom stereocenters. The zero-order valence-electron chi connectivity index (χ0n) is 7.50. The molecule has 68 valence electrons. The lowest BCUT2D eigenvalue weighted by atomic mass is 9.97. The molecular formula is C9H13BrO2. The number of methoxy groups -OCH3 is 2. The Hall–Kier alpha value is -0.280. The molecule has 0 saturated carbocycles. The van der Waals surface area contributed by atoms with E-state index in [-0.39, 0.29) is 10.4 Å². The van der Waals surface area contributed by atoms with Crippen molar-refractivity contribution in [1.82, 2.24) is 0 Å². The predicted molar refractivity (Wildman–Crippen MR) is 52.4 cm³/mol. The summed E-state index contributed by atoms with van der Waals surface area (Å²) in [4.78, 5) is 0.162. The maximum Gasteiger partial charge on any atom is 0.115 e. The molecule has 1 aliphatic carbocycles. The highest BCUT2D eigenvalue weighted by Gasteiger charge is 2.31. The van der Waals surface area contributed by atoms with Gasteiger partial charge in [0.05, 0.1) is 17.5 Å². The van der Waals surface area contributed by atoms with E-state index in [1.807, 2.05) is 25.2 Å². The average Bonchev–Trinajstić information content (AvgIpc) is 2.10. The van der Waals surface area contributed by atoms with Crippen LogP contribution in [0.15, 0.2) is 24.0 Å². The van der Waals surface area contributed by atoms with E-state index in [4.69, 9.17) is 9.47 Å². The largest absolute Gasteiger partial charge is 0.497 e. The summed E-state index contributed by atoms with van der Waals surface area (Å²) in [7, 11) is 3.36. The van der Waals surface area contributed by atoms with Crippen molar-refractivity contribution in [3.8, 4) is 0 Å². The molecule has 2 atom stereocenters. The summed E-state index contributed by atoms with van der Waals surface area (Å²) in [6.07, 6.45) is 5.90. The Morgan fingerprint density at radius 3 is 2.58 bits per heavy atom. The molecule has 1 rings (SSSR count). The Kier molecular flexibility index (Phi) is 2.96. The zero-order valence-corrected chi connectivity index (χ0v) is 9.09. The summed E-state index contributed by atoms with van der Waals surface area (Å²) in [6.45, 7) is 2.02. The van der Waals surface area contributed by atoms with Crippen LogP contribution in [0.1, 0.15) is 6.92 Å². The van der Waals surface area contributed by atoms with Crippen LogP contribution < -0.4 is 0 Å². The maximum absolute atomic E-state index is 5.35. The molecule has 0 N–H and O–H groups in total. The predicted octanol–water partition coefficient (Wildman–Crippen LogP) is 2.26. The number of hydrogen-bond donors (Lipinski definition) is 0. The van der Waals surface area contributed by atoms with Crippen LogP contribution >= 0.6 is 15.9 Å². The van der Waals surface area contributed by atoms with E-state index < -0.39 is 0 Å². The van der Waals surface area contributed by atoms with Gasteiger partial charge in [0.25, 0.3) is 0 Å². The van der Waals surface area contributed by atoms with Crippen molar-refractivity contribution < 1.29 is 9.47 Å². The first-order chi connectivity index (χ1) is 5.62. The summed E-state index contributed by atoms with van der Waals surface area (Å²) in [5, 5.41) is 0. The van der Waals surface area contributed by atoms with Crippen LogP contribution in [0.2, 0.25) is 0 Å². The maximum atomic E-state index is 5.35. The lowest BCUT2D eigenvalue weighted by Gasteiger charge is -2.30. The number of halogens is 1. The number of ether oxygens (including phenoxy) is 2. The van der Waals surface area contributed by atoms with Gasteiger partial charge in [0, 0.05) is 7.11 Å². The van der Waals surface area contributed by atoms with Gasteiger partial charge in [-0.1, -0.05) is 15.9 Å². The second-order valence-electron chi connectivity index (χ2n) is 2.90. The van der Waals surface area contributed by atoms with Gasteiger partial charge in [-0.05, 0) is 25.2 Å². The van der Waals surface area contributed by atoms with E-state index in [0.717, 1.165) is 5.76 Å². The Morgan fingerprint density at radius 1 is 1.50 bits per heavy atom. The molecule has 0 aromatic heterocycles. The fraction of sp³-hybridized carbons (Fsp3) is 0.556. The number of allylic oxidation sites excluding steroid dienone is 1. The lowest BCUT2D eigenvalue weighted by molar-refractivity contribution is 0.0544. The minimum atomic E-state index is -0.262. The van der Waals surface area contributed by atoms with Crippen molar-refractivity contribution in [2.45, 2.75) is 17.4 Å². The van der Waals surface area contributed by atoms with Crippen LogP contribution in [-0.2, 0) is 9.47 Å². The topological polar surface area (TPSA) is 18.5 Å². The van der Waals surface area contributed by atoms with Gasteiger partial charge in [-0.2, -0.15) is 0 Å². The van der Waals surface area contributed by atoms with Crippen molar-refractivity contribution >= 4 is 15.9 Å². The summed E-state index contributed by atoms with van der Waals surface area (Å²) in [6, 6.07) is 0. The van der Waals surface area contributed by atoms with Crippen molar-refractivity contribution in [3.05, 3.63) is 24.0 Å². The monoisotopic (exact) mass is 232 g/mol. The fourth-order valence-electron chi connectivity index (χ4n) is 1.02. The van der Waals surface area contributed by atoms with Crippen LogP contribution in [0.3, 0.4) is 0 Å². The Morgan fingerprint density at radius 2 is 2.17 bits per heavy atom. The van der Waals surface area contributed by atoms with E-state index >= 15 is 0 Å². The zero-order chi connectivity index (χ0) is 9.19. The van der Waals surface area contributed by atoms with Crippen LogP contribution in [-0.4, -0.2) is 24.6 Å². The summed E-state index contributed by atoms with van der Waals surface area (Å²) in [5.41, 5.74) is -0.262. The van der Waals surface area contributed by atoms with E-state index in [0.29, 0.717) is 0 Å². The molecule has 1 aliphatic rings. The smallest absolute Gasteiger partial charge is 0.115 e. The highest BCUT2D eigenvalue weighted by atomic mass is 79.9. The van der Waals surface area contributed by atoms with Crippen LogP contribution in [0.25, 0.3) is 0 Å². The quantitative estimate of drug-likeness (QED) is 0.681. The molecule has 0 aromatic carbocycles. The van der Waals surface area contributed by atoms with Crippen LogP contribution in [0, 0.1) is 0 Å². The van der Waals surface area contributed by atoms with Gasteiger partial charge in [-0.3, -0.25) is 0 Å². The van der Waals surface area contributed by atoms with Crippen LogP contribution in [0.5, 0.6) is 0 Å². The first-order valence-electron chi connectivity index (χ1n) is 3.76. The normalized spacial score (nSPS) is 34.7. The van der Waals surface area contributed by atoms with Crippen molar-refractivity contribution in [2.24, 2.45) is 0 Å². The minimum Gasteiger partial charge on any atom is -0.497 e. The number of hydrogen-bond acceptors (Lipinski definition) is 2. The van der Waals surface area contributed by atoms with E-state index in [9.17, 15) is 0 Å². The molecule has 0 fully saturated rings. The highest BCUT2D eigenvalue weighted by Crippen LogP contribution is 2.29. The lowest BCUT2D eigenvalue weighted by Crippen LogP contribution is -2.36. The third kappa shape index (κ3) is 1.72. The number of alkyl halides is 1. The number of rotatable bonds is 2. The molecule has 2 nitrogen and oxygen atoms in total. The standard InChI is InChI=1S/C9H13BrO2/c1-9(12-3)5-4-7(11-2)6-8(9)10/h4-6,8H,1-3H3. The highest BCUT2D eigenvalue weighted by molar-refractivity contribution is 9.09. The van der Waals surface area contributed by atoms with Crippen molar-refractivity contribution in [2.75, 3.05) is 14.2 Å². The minimum absolute atomic E-state index is 0.162. The van der Waals surface area contributed by atoms with Crippen LogP contribution in [0.4, 0.5) is 0 Å². The third-order valence-corrected chi connectivity index (χ3v) is 3.29. The fourth-order valence-corrected chi connectivity index (χ4v) is 1.62. The van der Waals surface area contributed by atoms with Gasteiger partial charge >= 0.3 is 0 Å². The molecule has 0 saturated heterocycles. The van der Waals surface area contributed by atoms with E-state index in [2.05, 4.69) is 15.9 Å². The summed E-state index contributed by atoms with van der Waals surface area (Å²) in [5.74, 6) is 0.867. The van der Waals surface area contributed by atoms with Gasteiger partial charge in [0.15, 0.2) is 0 Å². The Bertz CT molecular complexity index is 223. The van der Waals surface area contributed by atoms with Gasteiger partial charge in [0.1, 0.15) is 5.76 Å². The molecule has 3 heteroatoms. The molecule has 0 bridgehead atoms. The van der Waals surface area contributed by atoms with Gasteiger partial charge < -0.3 is 9.47 Å². The summed E-state index contributed by atoms with van der Waals surface area (Å²) >= 11 is 3.52. The van der Waals surface area contributed by atoms with Gasteiger partial charge in [-0.25, -0.2) is 0 Å².